The number of phenolic OH excluding ortho intramolecular Hbond substituents is 4. The second-order valence-electron chi connectivity index (χ2n) is 24.4. The van der Waals surface area contributed by atoms with Gasteiger partial charge in [-0.25, -0.2) is 0 Å². The number of nitriles is 1. The third-order valence-corrected chi connectivity index (χ3v) is 18.9. The number of nitrogens with one attached hydrogen (secondary N) is 2. The van der Waals surface area contributed by atoms with E-state index in [0.717, 1.165) is 66.8 Å². The Morgan fingerprint density at radius 2 is 0.975 bits per heavy atom. The number of nitrogens with zero attached hydrogens (tertiary/aromatic N) is 5. The molecule has 3 unspecified atom stereocenters. The van der Waals surface area contributed by atoms with E-state index in [1.54, 1.807) is 0 Å². The summed E-state index contributed by atoms with van der Waals surface area (Å²) in [5.41, 5.74) is 12.0. The topological polar surface area (TPSA) is 233 Å². The van der Waals surface area contributed by atoms with Crippen LogP contribution in [-0.2, 0) is 35.3 Å². The molecule has 0 aliphatic carbocycles. The Balaban J connectivity index is 0.000000191. The van der Waals surface area contributed by atoms with Crippen molar-refractivity contribution in [1.29, 1.82) is 5.26 Å². The molecule has 0 spiro atoms. The molecular weight excluding hydrogens is 1460 g/mol. The maximum Gasteiger partial charge on any atom is 0.231 e. The summed E-state index contributed by atoms with van der Waals surface area (Å²) in [4.78, 5) is 34.4. The van der Waals surface area contributed by atoms with E-state index in [0.29, 0.717) is 84.1 Å². The summed E-state index contributed by atoms with van der Waals surface area (Å²) in [5, 5.41) is 74.6. The number of rotatable bonds is 8. The van der Waals surface area contributed by atoms with Crippen molar-refractivity contribution in [2.24, 2.45) is 11.8 Å². The van der Waals surface area contributed by atoms with E-state index in [9.17, 15) is 40.4 Å². The third-order valence-electron chi connectivity index (χ3n) is 18.9. The third kappa shape index (κ3) is 10.1. The molecule has 2 radical (unpaired) electrons. The second-order valence-corrected chi connectivity index (χ2v) is 24.4. The van der Waals surface area contributed by atoms with Crippen LogP contribution in [0, 0.1) is 153 Å². The van der Waals surface area contributed by atoms with Crippen LogP contribution in [0.15, 0.2) is 12.1 Å². The smallest absolute Gasteiger partial charge is 0.231 e. The zero-order valence-electron chi connectivity index (χ0n) is 48.7. The van der Waals surface area contributed by atoms with Gasteiger partial charge in [0.25, 0.3) is 0 Å². The summed E-state index contributed by atoms with van der Waals surface area (Å²) in [5.74, 6) is 3.43. The number of amides is 2. The van der Waals surface area contributed by atoms with Crippen molar-refractivity contribution < 1.29 is 142 Å². The Morgan fingerprint density at radius 1 is 0.580 bits per heavy atom. The van der Waals surface area contributed by atoms with Crippen LogP contribution in [0.3, 0.4) is 0 Å². The van der Waals surface area contributed by atoms with Gasteiger partial charge < -0.3 is 55.1 Å². The molecule has 18 nitrogen and oxygen atoms in total. The first kappa shape index (κ1) is 61.9. The van der Waals surface area contributed by atoms with Crippen LogP contribution in [0.2, 0.25) is 0 Å². The molecule has 10 atom stereocenters. The first-order chi connectivity index (χ1) is 37.5. The van der Waals surface area contributed by atoms with Gasteiger partial charge in [0, 0.05) is 177 Å². The number of hydrogen-bond donors (Lipinski definition) is 7. The van der Waals surface area contributed by atoms with Gasteiger partial charge in [0.1, 0.15) is 35.3 Å². The summed E-state index contributed by atoms with van der Waals surface area (Å²) in [6.45, 7) is 20.2. The minimum absolute atomic E-state index is 0. The average molecular weight is 1540 g/mol. The zero-order valence-corrected chi connectivity index (χ0v) is 58.2. The molecule has 2 amide bonds. The van der Waals surface area contributed by atoms with E-state index < -0.39 is 24.4 Å². The van der Waals surface area contributed by atoms with Crippen molar-refractivity contribution >= 4 is 11.8 Å². The molecule has 0 saturated carbocycles. The van der Waals surface area contributed by atoms with E-state index in [1.165, 1.54) is 0 Å². The van der Waals surface area contributed by atoms with Crippen molar-refractivity contribution in [3.63, 3.8) is 0 Å². The molecule has 4 aromatic rings. The van der Waals surface area contributed by atoms with Crippen molar-refractivity contribution in [2.45, 2.75) is 168 Å². The van der Waals surface area contributed by atoms with Gasteiger partial charge in [-0.05, 0) is 127 Å². The molecule has 8 heterocycles. The maximum atomic E-state index is 12.9. The molecule has 20 heteroatoms. The fourth-order valence-electron chi connectivity index (χ4n) is 14.9. The Labute approximate surface area is 546 Å². The number of piperazine rings is 2. The molecule has 4 bridgehead atoms. The number of aliphatic hydroxyl groups is 1. The molecule has 2 fully saturated rings. The van der Waals surface area contributed by atoms with Crippen LogP contribution in [0.4, 0.5) is 0 Å². The van der Waals surface area contributed by atoms with Crippen molar-refractivity contribution in [3.05, 3.63) is 90.0 Å². The molecule has 81 heavy (non-hydrogen) atoms. The first-order valence-corrected chi connectivity index (χ1v) is 28.1. The van der Waals surface area contributed by atoms with E-state index in [2.05, 4.69) is 48.4 Å². The Kier molecular flexibility index (Phi) is 18.1. The monoisotopic (exact) mass is 1540 g/mol. The summed E-state index contributed by atoms with van der Waals surface area (Å²) < 4.78 is 23.5. The van der Waals surface area contributed by atoms with Gasteiger partial charge in [-0.3, -0.25) is 29.2 Å². The molecule has 4 aromatic carbocycles. The number of likely N-dealkylation sites (N-methyl/N-ethyl adjacent to an activating group) is 2. The van der Waals surface area contributed by atoms with Crippen LogP contribution in [0.1, 0.15) is 143 Å². The minimum Gasteiger partial charge on any atom is -0.507 e. The minimum atomic E-state index is -0.838. The van der Waals surface area contributed by atoms with E-state index in [1.807, 2.05) is 83.3 Å². The molecule has 428 valence electrons. The number of ether oxygens (including phenoxy) is 4. The Morgan fingerprint density at radius 3 is 1.41 bits per heavy atom. The summed E-state index contributed by atoms with van der Waals surface area (Å²) in [6.07, 6.45) is 2.09. The average Bonchev–Trinajstić information content (AvgIpc) is 4.15. The number of aliphatic hydroxyl groups excluding tert-OH is 1. The second kappa shape index (κ2) is 23.7. The first-order valence-electron chi connectivity index (χ1n) is 28.1. The number of carbonyl (C=O) groups is 2. The van der Waals surface area contributed by atoms with Crippen LogP contribution in [0.5, 0.6) is 46.0 Å². The van der Waals surface area contributed by atoms with Gasteiger partial charge in [-0.15, -0.1) is 0 Å². The number of carbonyl (C=O) groups excluding carboxylic acids is 2. The maximum absolute atomic E-state index is 12.9. The van der Waals surface area contributed by atoms with Gasteiger partial charge in [-0.1, -0.05) is 39.8 Å². The van der Waals surface area contributed by atoms with Crippen molar-refractivity contribution in [3.8, 4) is 52.1 Å². The molecule has 2 saturated heterocycles. The van der Waals surface area contributed by atoms with Gasteiger partial charge in [0.2, 0.25) is 25.4 Å². The number of aromatic hydroxyl groups is 4. The predicted molar refractivity (Wildman–Crippen MR) is 294 cm³/mol. The largest absolute Gasteiger partial charge is 0.507 e. The van der Waals surface area contributed by atoms with E-state index >= 15 is 0 Å². The number of hydrogen-bond acceptors (Lipinski definition) is 16. The molecular formula is C61H77Ac2N7O11. The van der Waals surface area contributed by atoms with Gasteiger partial charge in [0.15, 0.2) is 23.0 Å². The van der Waals surface area contributed by atoms with Gasteiger partial charge in [0.05, 0.1) is 36.3 Å². The van der Waals surface area contributed by atoms with Gasteiger partial charge in [-0.2, -0.15) is 5.26 Å². The zero-order chi connectivity index (χ0) is 56.5. The normalized spacial score (nSPS) is 26.2. The summed E-state index contributed by atoms with van der Waals surface area (Å²) >= 11 is 0. The fourth-order valence-corrected chi connectivity index (χ4v) is 14.9. The molecule has 8 aliphatic rings. The molecule has 0 aromatic heterocycles. The van der Waals surface area contributed by atoms with Crippen molar-refractivity contribution in [1.82, 2.24) is 30.2 Å². The Hall–Kier alpha value is -3.61. The van der Waals surface area contributed by atoms with Crippen LogP contribution in [0.25, 0.3) is 0 Å². The van der Waals surface area contributed by atoms with Crippen LogP contribution >= 0.6 is 0 Å². The number of fused-ring (bicyclic) bond motifs is 18. The number of aryl methyl sites for hydroxylation is 2. The SMILES string of the molecule is Cc1cc2c(c(O)c1C)[C@@H]1C3Cc4c(O)c(C)c5c(c4[C@H](CNC(=O)CC(C)C)N3C(O)[C@H](C2)N1C)OCO5.Cc1cc2c(c(O)c1C)[C@@H]1C3Cc4c(O)c(C)c5c(c4[C@H](CNC(=O)CC(C)C)N3[C@@H](C#N)[C@H](C2)N1C)OCO5.[Ac].[Ac]. The number of phenols is 4. The fraction of sp³-hybridized carbons (Fsp3) is 0.557. The number of benzene rings is 4. The van der Waals surface area contributed by atoms with Crippen LogP contribution in [-0.4, -0.2) is 134 Å². The predicted octanol–water partition coefficient (Wildman–Crippen LogP) is 6.80. The molecule has 12 rings (SSSR count). The molecule has 8 aliphatic heterocycles. The van der Waals surface area contributed by atoms with Gasteiger partial charge >= 0.3 is 0 Å². The van der Waals surface area contributed by atoms with Crippen LogP contribution < -0.4 is 29.6 Å². The Bertz CT molecular complexity index is 3240. The van der Waals surface area contributed by atoms with E-state index in [-0.39, 0.29) is 186 Å². The quantitative estimate of drug-likeness (QED) is 0.0962. The van der Waals surface area contributed by atoms with Crippen molar-refractivity contribution in [2.75, 3.05) is 40.8 Å². The summed E-state index contributed by atoms with van der Waals surface area (Å²) in [7, 11) is 4.04. The standard InChI is InChI=1S/C31H38N4O5.C30H39N3O6.2Ac/c1-14(2)7-24(36)33-12-23-26-19(28(37)17(5)30-31(26)40-13-39-30)10-21-27-25-18(8-15(3)16(4)29(25)38)9-20(34(27)6)22(11-32)35(21)23;1-13(2)7-22(34)31-11-21-24-18(26(35)16(5)28-29(24)39-12-38-28)10-19-25-23-17(8-14(3)15(4)27(23)36)9-20(32(25)6)30(37)33(19)21;;/h8,14,20-23,27,37-38H,7,9-10,12-13H2,1-6H3,(H,33,36);8,13,19-21,25,30,35-37H,7,9-12H2,1-6H3,(H,31,34);;/t20-,21?,22-,23-,27-;19?,20-,21-,25-,30?;;/m00../s1. The molecule has 7 N–H and O–H groups in total. The van der Waals surface area contributed by atoms with E-state index in [4.69, 9.17) is 18.9 Å². The summed E-state index contributed by atoms with van der Waals surface area (Å²) in [6, 6.07) is 4.30.